The number of fused-ring (bicyclic) bond motifs is 4. The second-order valence-corrected chi connectivity index (χ2v) is 8.80. The average molecular weight is 400 g/mol. The van der Waals surface area contributed by atoms with Crippen molar-refractivity contribution in [2.24, 2.45) is 11.8 Å². The molecule has 2 aliphatic rings. The zero-order chi connectivity index (χ0) is 20.7. The molecule has 0 radical (unpaired) electrons. The number of methoxy groups -OCH3 is 1. The summed E-state index contributed by atoms with van der Waals surface area (Å²) < 4.78 is 12.1. The van der Waals surface area contributed by atoms with E-state index in [1.807, 2.05) is 0 Å². The summed E-state index contributed by atoms with van der Waals surface area (Å²) in [5, 5.41) is 6.40. The predicted octanol–water partition coefficient (Wildman–Crippen LogP) is 6.71. The number of hydrogen-bond acceptors (Lipinski definition) is 3. The number of rotatable bonds is 5. The van der Waals surface area contributed by atoms with E-state index >= 15 is 0 Å². The number of anilines is 1. The Morgan fingerprint density at radius 1 is 1.00 bits per heavy atom. The van der Waals surface area contributed by atoms with E-state index < -0.39 is 0 Å². The first-order valence-electron chi connectivity index (χ1n) is 10.9. The molecule has 3 aromatic carbocycles. The molecule has 5 rings (SSSR count). The van der Waals surface area contributed by atoms with Crippen molar-refractivity contribution < 1.29 is 9.47 Å². The van der Waals surface area contributed by atoms with Crippen LogP contribution in [0.2, 0.25) is 0 Å². The van der Waals surface area contributed by atoms with Crippen LogP contribution in [0.25, 0.3) is 10.8 Å². The van der Waals surface area contributed by atoms with Crippen LogP contribution >= 0.6 is 0 Å². The average Bonchev–Trinajstić information content (AvgIpc) is 3.26. The van der Waals surface area contributed by atoms with Crippen LogP contribution in [0.15, 0.2) is 66.7 Å². The molecule has 0 amide bonds. The summed E-state index contributed by atoms with van der Waals surface area (Å²) in [5.41, 5.74) is 3.72. The molecule has 1 aliphatic heterocycles. The van der Waals surface area contributed by atoms with E-state index in [1.54, 1.807) is 7.11 Å². The van der Waals surface area contributed by atoms with Gasteiger partial charge in [-0.15, -0.1) is 0 Å². The Morgan fingerprint density at radius 3 is 2.70 bits per heavy atom. The van der Waals surface area contributed by atoms with E-state index in [-0.39, 0.29) is 6.04 Å². The molecule has 0 saturated heterocycles. The maximum absolute atomic E-state index is 6.22. The molecule has 0 saturated carbocycles. The van der Waals surface area contributed by atoms with Crippen molar-refractivity contribution in [2.75, 3.05) is 19.0 Å². The molecule has 1 heterocycles. The van der Waals surface area contributed by atoms with Crippen LogP contribution < -0.4 is 14.8 Å². The van der Waals surface area contributed by atoms with Gasteiger partial charge in [-0.3, -0.25) is 0 Å². The van der Waals surface area contributed by atoms with E-state index in [0.717, 1.165) is 23.6 Å². The van der Waals surface area contributed by atoms with Crippen molar-refractivity contribution in [1.82, 2.24) is 0 Å². The lowest BCUT2D eigenvalue weighted by Crippen LogP contribution is -2.30. The molecule has 0 spiro atoms. The zero-order valence-corrected chi connectivity index (χ0v) is 17.9. The molecular weight excluding hydrogens is 370 g/mol. The Labute approximate surface area is 178 Å². The summed E-state index contributed by atoms with van der Waals surface area (Å²) in [6.45, 7) is 5.08. The summed E-state index contributed by atoms with van der Waals surface area (Å²) in [6, 6.07) is 19.5. The summed E-state index contributed by atoms with van der Waals surface area (Å²) >= 11 is 0. The summed E-state index contributed by atoms with van der Waals surface area (Å²) in [5.74, 6) is 3.22. The third-order valence-electron chi connectivity index (χ3n) is 6.39. The van der Waals surface area contributed by atoms with Gasteiger partial charge >= 0.3 is 0 Å². The Bertz CT molecular complexity index is 1100. The molecule has 30 heavy (non-hydrogen) atoms. The van der Waals surface area contributed by atoms with Gasteiger partial charge in [0.2, 0.25) is 0 Å². The molecule has 3 atom stereocenters. The van der Waals surface area contributed by atoms with Crippen molar-refractivity contribution in [2.45, 2.75) is 32.2 Å². The molecule has 3 heteroatoms. The first kappa shape index (κ1) is 19.0. The summed E-state index contributed by atoms with van der Waals surface area (Å²) in [4.78, 5) is 0. The maximum Gasteiger partial charge on any atom is 0.142 e. The quantitative estimate of drug-likeness (QED) is 0.484. The molecule has 0 bridgehead atoms. The van der Waals surface area contributed by atoms with Gasteiger partial charge in [-0.1, -0.05) is 68.5 Å². The van der Waals surface area contributed by atoms with Crippen LogP contribution in [0.4, 0.5) is 5.69 Å². The van der Waals surface area contributed by atoms with Gasteiger partial charge in [-0.2, -0.15) is 0 Å². The van der Waals surface area contributed by atoms with Crippen molar-refractivity contribution in [1.29, 1.82) is 0 Å². The standard InChI is InChI=1S/C27H29NO2/c1-17(2)16-30-24-13-7-12-21-20-10-6-11-22(20)27(28-26(21)24)25-19-9-5-4-8-18(19)14-15-23(25)29-3/h4-10,12-15,17,20,22,27-28H,11,16H2,1-3H3. The highest BCUT2D eigenvalue weighted by Crippen LogP contribution is 2.54. The molecule has 3 aromatic rings. The van der Waals surface area contributed by atoms with Crippen LogP contribution in [0.5, 0.6) is 11.5 Å². The normalized spacial score (nSPS) is 21.9. The molecule has 3 unspecified atom stereocenters. The maximum atomic E-state index is 6.22. The number of benzene rings is 3. The molecular formula is C27H29NO2. The minimum absolute atomic E-state index is 0.155. The van der Waals surface area contributed by atoms with Gasteiger partial charge in [0, 0.05) is 11.5 Å². The minimum atomic E-state index is 0.155. The van der Waals surface area contributed by atoms with Crippen LogP contribution in [0.3, 0.4) is 0 Å². The topological polar surface area (TPSA) is 30.5 Å². The minimum Gasteiger partial charge on any atom is -0.496 e. The monoisotopic (exact) mass is 399 g/mol. The lowest BCUT2D eigenvalue weighted by atomic mass is 9.75. The second-order valence-electron chi connectivity index (χ2n) is 8.80. The number of nitrogens with one attached hydrogen (secondary N) is 1. The summed E-state index contributed by atoms with van der Waals surface area (Å²) in [7, 11) is 1.77. The summed E-state index contributed by atoms with van der Waals surface area (Å²) in [6.07, 6.45) is 5.77. The number of para-hydroxylation sites is 1. The molecule has 0 fully saturated rings. The van der Waals surface area contributed by atoms with E-state index in [9.17, 15) is 0 Å². The van der Waals surface area contributed by atoms with E-state index in [0.29, 0.717) is 24.4 Å². The van der Waals surface area contributed by atoms with E-state index in [1.165, 1.54) is 21.9 Å². The molecule has 1 N–H and O–H groups in total. The lowest BCUT2D eigenvalue weighted by Gasteiger charge is -2.39. The Morgan fingerprint density at radius 2 is 1.87 bits per heavy atom. The highest BCUT2D eigenvalue weighted by molar-refractivity contribution is 5.89. The zero-order valence-electron chi connectivity index (χ0n) is 17.9. The van der Waals surface area contributed by atoms with Gasteiger partial charge in [0.05, 0.1) is 25.4 Å². The number of hydrogen-bond donors (Lipinski definition) is 1. The number of ether oxygens (including phenoxy) is 2. The number of allylic oxidation sites excluding steroid dienone is 2. The lowest BCUT2D eigenvalue weighted by molar-refractivity contribution is 0.270. The van der Waals surface area contributed by atoms with Gasteiger partial charge in [0.25, 0.3) is 0 Å². The Hall–Kier alpha value is -2.94. The van der Waals surface area contributed by atoms with E-state index in [4.69, 9.17) is 9.47 Å². The Kier molecular flexibility index (Phi) is 4.90. The van der Waals surface area contributed by atoms with Crippen molar-refractivity contribution in [3.05, 3.63) is 77.9 Å². The van der Waals surface area contributed by atoms with Gasteiger partial charge in [-0.25, -0.2) is 0 Å². The Balaban J connectivity index is 1.65. The highest BCUT2D eigenvalue weighted by Gasteiger charge is 2.40. The smallest absolute Gasteiger partial charge is 0.142 e. The van der Waals surface area contributed by atoms with Crippen LogP contribution in [0, 0.1) is 11.8 Å². The second kappa shape index (κ2) is 7.71. The SMILES string of the molecule is COc1ccc2ccccc2c1C1Nc2c(OCC(C)C)cccc2C2C=CCC21. The fourth-order valence-electron chi connectivity index (χ4n) is 5.03. The van der Waals surface area contributed by atoms with Gasteiger partial charge in [0.1, 0.15) is 11.5 Å². The van der Waals surface area contributed by atoms with Crippen molar-refractivity contribution >= 4 is 16.5 Å². The van der Waals surface area contributed by atoms with E-state index in [2.05, 4.69) is 85.9 Å². The predicted molar refractivity (Wildman–Crippen MR) is 124 cm³/mol. The molecule has 1 aliphatic carbocycles. The fourth-order valence-corrected chi connectivity index (χ4v) is 5.03. The molecule has 154 valence electrons. The first-order valence-corrected chi connectivity index (χ1v) is 10.9. The van der Waals surface area contributed by atoms with Crippen molar-refractivity contribution in [3.8, 4) is 11.5 Å². The van der Waals surface area contributed by atoms with Gasteiger partial charge in [0.15, 0.2) is 0 Å². The van der Waals surface area contributed by atoms with Gasteiger partial charge < -0.3 is 14.8 Å². The fraction of sp³-hybridized carbons (Fsp3) is 0.333. The highest BCUT2D eigenvalue weighted by atomic mass is 16.5. The van der Waals surface area contributed by atoms with Crippen LogP contribution in [0.1, 0.15) is 43.4 Å². The van der Waals surface area contributed by atoms with Crippen molar-refractivity contribution in [3.63, 3.8) is 0 Å². The van der Waals surface area contributed by atoms with Gasteiger partial charge in [-0.05, 0) is 46.7 Å². The molecule has 0 aromatic heterocycles. The largest absolute Gasteiger partial charge is 0.496 e. The molecule has 3 nitrogen and oxygen atoms in total. The van der Waals surface area contributed by atoms with Crippen LogP contribution in [-0.2, 0) is 0 Å². The van der Waals surface area contributed by atoms with Crippen LogP contribution in [-0.4, -0.2) is 13.7 Å². The third kappa shape index (κ3) is 3.13. The third-order valence-corrected chi connectivity index (χ3v) is 6.39. The first-order chi connectivity index (χ1) is 14.7.